The molecule has 3 unspecified atom stereocenters. The number of aldehydes is 1. The van der Waals surface area contributed by atoms with Gasteiger partial charge in [-0.1, -0.05) is 153 Å². The van der Waals surface area contributed by atoms with Crippen LogP contribution in [0.5, 0.6) is 0 Å². The van der Waals surface area contributed by atoms with Crippen molar-refractivity contribution < 1.29 is 28.7 Å². The highest BCUT2D eigenvalue weighted by atomic mass is 16.5. The van der Waals surface area contributed by atoms with Gasteiger partial charge in [-0.25, -0.2) is 14.8 Å². The number of guanidine groups is 1. The van der Waals surface area contributed by atoms with Gasteiger partial charge in [0, 0.05) is 5.56 Å². The number of tetrazole rings is 1. The van der Waals surface area contributed by atoms with E-state index < -0.39 is 12.0 Å². The summed E-state index contributed by atoms with van der Waals surface area (Å²) in [4.78, 5) is 51.3. The summed E-state index contributed by atoms with van der Waals surface area (Å²) in [6.45, 7) is 3.27. The number of esters is 2. The molecule has 11 rings (SSSR count). The van der Waals surface area contributed by atoms with Crippen molar-refractivity contribution >= 4 is 57.5 Å². The third-order valence-electron chi connectivity index (χ3n) is 12.0. The molecule has 2 aliphatic heterocycles. The van der Waals surface area contributed by atoms with E-state index in [0.717, 1.165) is 88.6 Å². The monoisotopic (exact) mass is 944 g/mol. The minimum absolute atomic E-state index is 0. The molecule has 16 nitrogen and oxygen atoms in total. The van der Waals surface area contributed by atoms with E-state index in [-0.39, 0.29) is 51.2 Å². The highest BCUT2D eigenvalue weighted by Gasteiger charge is 2.41. The Labute approximate surface area is 407 Å². The molecule has 3 atom stereocenters. The van der Waals surface area contributed by atoms with Crippen molar-refractivity contribution in [2.45, 2.75) is 91.9 Å². The Morgan fingerprint density at radius 3 is 1.89 bits per heavy atom. The number of H-pyrrole nitrogens is 1. The van der Waals surface area contributed by atoms with E-state index in [1.54, 1.807) is 0 Å². The van der Waals surface area contributed by atoms with Crippen molar-refractivity contribution in [3.05, 3.63) is 178 Å². The molecule has 7 aromatic rings. The number of aliphatic imine (C=N–C) groups is 1. The number of aromatic amines is 1. The number of aromatic nitrogens is 4. The SMILES string of the molecule is C.C.CC(=O)CC(=O)OC1CCCc2ccccc21.CC1=C(C(=O)OC2CCCc3ccccc32)C(c2cccc3ccccc23)N2NNNC2=N1.Nc1nn[nH]n1.O=Cc1cccc2ccccc12. The number of hydrazine groups is 3. The lowest BCUT2D eigenvalue weighted by molar-refractivity contribution is -0.152. The molecule has 0 bridgehead atoms. The number of nitrogens with two attached hydrogens (primary N) is 1. The van der Waals surface area contributed by atoms with E-state index >= 15 is 0 Å². The average molecular weight is 945 g/mol. The molecule has 2 aliphatic carbocycles. The van der Waals surface area contributed by atoms with E-state index in [1.807, 2.05) is 103 Å². The minimum Gasteiger partial charge on any atom is -0.457 e. The largest absolute Gasteiger partial charge is 0.457 e. The van der Waals surface area contributed by atoms with Crippen molar-refractivity contribution in [2.75, 3.05) is 5.73 Å². The third kappa shape index (κ3) is 12.1. The molecule has 0 radical (unpaired) electrons. The standard InChI is InChI=1S/C26H25N5O2.C14H16O3.C11H8O.CH3N5.2CH4/c1-16-23(25(32)33-22-15-7-11-18-9-3-5-13-20(18)22)24(31-26(27-16)28-29-30-31)21-14-6-10-17-8-2-4-12-19(17)21;1-10(15)9-14(16)17-13-8-4-6-11-5-2-3-7-12(11)13;12-8-10-6-3-5-9-4-1-2-7-11(9)10;2-1-3-5-6-4-1;;/h2-6,8-10,12-14,22,24,29-30H,7,11,15H2,1H3,(H,27,28);2-3,5,7,13H,4,6,8-9H2,1H3;1-8H;(H3,2,3,4,5,6);2*1H4. The van der Waals surface area contributed by atoms with Gasteiger partial charge in [-0.3, -0.25) is 19.8 Å². The van der Waals surface area contributed by atoms with Crippen LogP contribution in [0.1, 0.15) is 117 Å². The molecule has 362 valence electrons. The summed E-state index contributed by atoms with van der Waals surface area (Å²) in [7, 11) is 0. The Balaban J connectivity index is 0.000000180. The van der Waals surface area contributed by atoms with Crippen LogP contribution < -0.4 is 22.2 Å². The highest BCUT2D eigenvalue weighted by Crippen LogP contribution is 2.40. The zero-order chi connectivity index (χ0) is 47.4. The molecule has 70 heavy (non-hydrogen) atoms. The molecule has 0 spiro atoms. The summed E-state index contributed by atoms with van der Waals surface area (Å²) in [6.07, 6.45) is 6.11. The predicted octanol–water partition coefficient (Wildman–Crippen LogP) is 9.27. The third-order valence-corrected chi connectivity index (χ3v) is 12.0. The molecule has 1 aromatic heterocycles. The number of rotatable bonds is 7. The summed E-state index contributed by atoms with van der Waals surface area (Å²) in [5.41, 5.74) is 21.6. The number of nitrogens with zero attached hydrogens (tertiary/aromatic N) is 5. The molecule has 16 heteroatoms. The van der Waals surface area contributed by atoms with E-state index in [2.05, 4.69) is 84.6 Å². The molecule has 1 saturated heterocycles. The summed E-state index contributed by atoms with van der Waals surface area (Å²) in [5.74, 6) is -0.109. The maximum Gasteiger partial charge on any atom is 0.339 e. The van der Waals surface area contributed by atoms with Crippen LogP contribution in [0.25, 0.3) is 21.5 Å². The molecular weight excluding hydrogens is 885 g/mol. The Hall–Kier alpha value is -8.08. The number of ether oxygens (including phenoxy) is 2. The van der Waals surface area contributed by atoms with Crippen molar-refractivity contribution in [1.82, 2.24) is 42.1 Å². The van der Waals surface area contributed by atoms with Gasteiger partial charge in [0.05, 0.1) is 11.3 Å². The number of benzene rings is 6. The number of hydrogen-bond acceptors (Lipinski definition) is 15. The molecule has 1 fully saturated rings. The van der Waals surface area contributed by atoms with Gasteiger partial charge >= 0.3 is 11.9 Å². The van der Waals surface area contributed by atoms with Crippen molar-refractivity contribution in [3.8, 4) is 0 Å². The van der Waals surface area contributed by atoms with E-state index in [1.165, 1.54) is 18.1 Å². The van der Waals surface area contributed by atoms with Crippen molar-refractivity contribution in [1.29, 1.82) is 0 Å². The van der Waals surface area contributed by atoms with Crippen molar-refractivity contribution in [2.24, 2.45) is 4.99 Å². The normalized spacial score (nSPS) is 17.2. The van der Waals surface area contributed by atoms with Gasteiger partial charge in [0.2, 0.25) is 5.96 Å². The number of aryl methyl sites for hydroxylation is 2. The lowest BCUT2D eigenvalue weighted by Crippen LogP contribution is -2.45. The molecule has 6 N–H and O–H groups in total. The molecule has 0 saturated carbocycles. The smallest absolute Gasteiger partial charge is 0.339 e. The molecule has 6 aromatic carbocycles. The first-order valence-corrected chi connectivity index (χ1v) is 22.5. The maximum atomic E-state index is 13.8. The number of fused-ring (bicyclic) bond motifs is 5. The lowest BCUT2D eigenvalue weighted by atomic mass is 9.89. The molecule has 3 heterocycles. The van der Waals surface area contributed by atoms with Gasteiger partial charge in [0.25, 0.3) is 5.95 Å². The average Bonchev–Trinajstić information content (AvgIpc) is 4.05. The van der Waals surface area contributed by atoms with Crippen molar-refractivity contribution in [3.63, 3.8) is 0 Å². The molecular formula is C54H60N10O6. The Kier molecular flexibility index (Phi) is 17.8. The van der Waals surface area contributed by atoms with Crippen LogP contribution in [0.2, 0.25) is 0 Å². The van der Waals surface area contributed by atoms with Gasteiger partial charge in [0.15, 0.2) is 6.29 Å². The van der Waals surface area contributed by atoms with Gasteiger partial charge in [-0.15, -0.1) is 10.6 Å². The summed E-state index contributed by atoms with van der Waals surface area (Å²) in [5, 5.41) is 18.2. The number of nitrogens with one attached hydrogen (secondary N) is 4. The first-order valence-electron chi connectivity index (χ1n) is 22.5. The van der Waals surface area contributed by atoms with E-state index in [4.69, 9.17) is 15.2 Å². The first-order chi connectivity index (χ1) is 33.2. The minimum atomic E-state index is -0.417. The van der Waals surface area contributed by atoms with E-state index in [9.17, 15) is 19.2 Å². The predicted molar refractivity (Wildman–Crippen MR) is 271 cm³/mol. The Morgan fingerprint density at radius 2 is 1.29 bits per heavy atom. The number of Topliss-reactive ketones (excluding diaryl/α,β-unsaturated/α-hetero) is 1. The summed E-state index contributed by atoms with van der Waals surface area (Å²) in [6, 6.07) is 43.8. The van der Waals surface area contributed by atoms with Crippen LogP contribution >= 0.6 is 0 Å². The van der Waals surface area contributed by atoms with Gasteiger partial charge in [0.1, 0.15) is 30.5 Å². The topological polar surface area (TPSA) is 219 Å². The second-order valence-electron chi connectivity index (χ2n) is 16.5. The summed E-state index contributed by atoms with van der Waals surface area (Å²) >= 11 is 0. The fourth-order valence-corrected chi connectivity index (χ4v) is 8.90. The van der Waals surface area contributed by atoms with Gasteiger partial charge < -0.3 is 15.2 Å². The quantitative estimate of drug-likeness (QED) is 0.0572. The molecule has 4 aliphatic rings. The highest BCUT2D eigenvalue weighted by molar-refractivity contribution is 5.99. The Morgan fingerprint density at radius 1 is 0.729 bits per heavy atom. The van der Waals surface area contributed by atoms with Crippen LogP contribution in [0, 0.1) is 0 Å². The van der Waals surface area contributed by atoms with Crippen LogP contribution in [0.3, 0.4) is 0 Å². The number of allylic oxidation sites excluding steroid dienone is 1. The van der Waals surface area contributed by atoms with Gasteiger partial charge in [-0.05, 0) is 107 Å². The fourth-order valence-electron chi connectivity index (χ4n) is 8.90. The second-order valence-corrected chi connectivity index (χ2v) is 16.5. The number of carbonyl (C=O) groups excluding carboxylic acids is 4. The lowest BCUT2D eigenvalue weighted by Gasteiger charge is -2.34. The summed E-state index contributed by atoms with van der Waals surface area (Å²) < 4.78 is 11.5. The van der Waals surface area contributed by atoms with Crippen LogP contribution in [-0.4, -0.2) is 55.6 Å². The van der Waals surface area contributed by atoms with Gasteiger partial charge in [-0.2, -0.15) is 10.7 Å². The Bertz CT molecular complexity index is 2980. The number of hydrogen-bond donors (Lipinski definition) is 5. The zero-order valence-electron chi connectivity index (χ0n) is 37.7. The zero-order valence-corrected chi connectivity index (χ0v) is 37.7. The number of ketones is 1. The number of nitrogen functional groups attached to an aromatic ring is 1. The first kappa shape index (κ1) is 51.3. The van der Waals surface area contributed by atoms with Crippen LogP contribution in [0.4, 0.5) is 5.95 Å². The molecule has 0 amide bonds. The van der Waals surface area contributed by atoms with Crippen LogP contribution in [-0.2, 0) is 36.7 Å². The van der Waals surface area contributed by atoms with E-state index in [0.29, 0.717) is 17.2 Å². The van der Waals surface area contributed by atoms with Crippen LogP contribution in [0.15, 0.2) is 150 Å². The maximum absolute atomic E-state index is 13.8. The number of carbonyl (C=O) groups is 4. The number of anilines is 1. The fraction of sp³-hybridized carbons (Fsp3) is 0.259. The second kappa shape index (κ2) is 24.3.